The van der Waals surface area contributed by atoms with Crippen molar-refractivity contribution in [2.24, 2.45) is 5.92 Å². The van der Waals surface area contributed by atoms with E-state index in [2.05, 4.69) is 5.32 Å². The molecule has 4 nitrogen and oxygen atoms in total. The van der Waals surface area contributed by atoms with Crippen molar-refractivity contribution in [3.8, 4) is 0 Å². The normalized spacial score (nSPS) is 25.9. The number of carbonyl (C=O) groups is 1. The number of thioether (sulfide) groups is 1. The van der Waals surface area contributed by atoms with Crippen LogP contribution in [0.25, 0.3) is 0 Å². The summed E-state index contributed by atoms with van der Waals surface area (Å²) in [6.45, 7) is 3.16. The maximum Gasteiger partial charge on any atom is 0.326 e. The third-order valence-electron chi connectivity index (χ3n) is 4.15. The van der Waals surface area contributed by atoms with E-state index in [1.54, 1.807) is 7.11 Å². The van der Waals surface area contributed by atoms with E-state index in [1.165, 1.54) is 0 Å². The summed E-state index contributed by atoms with van der Waals surface area (Å²) in [6.07, 6.45) is 5.32. The summed E-state index contributed by atoms with van der Waals surface area (Å²) in [5.74, 6) is 2.58. The number of nitrogens with one attached hydrogen (secondary N) is 1. The molecule has 0 saturated heterocycles. The van der Waals surface area contributed by atoms with Gasteiger partial charge in [0, 0.05) is 13.7 Å². The van der Waals surface area contributed by atoms with Gasteiger partial charge in [-0.2, -0.15) is 11.8 Å². The zero-order chi connectivity index (χ0) is 14.8. The Morgan fingerprint density at radius 1 is 1.45 bits per heavy atom. The van der Waals surface area contributed by atoms with Gasteiger partial charge >= 0.3 is 5.97 Å². The Morgan fingerprint density at radius 3 is 2.90 bits per heavy atom. The van der Waals surface area contributed by atoms with Gasteiger partial charge in [-0.25, -0.2) is 0 Å². The van der Waals surface area contributed by atoms with Crippen molar-refractivity contribution in [1.82, 2.24) is 5.32 Å². The maximum absolute atomic E-state index is 12.3. The predicted octanol–water partition coefficient (Wildman–Crippen LogP) is 2.47. The lowest BCUT2D eigenvalue weighted by Crippen LogP contribution is -2.54. The van der Waals surface area contributed by atoms with Crippen molar-refractivity contribution in [1.29, 1.82) is 0 Å². The van der Waals surface area contributed by atoms with E-state index in [1.807, 2.05) is 25.7 Å². The van der Waals surface area contributed by atoms with Crippen LogP contribution in [0.15, 0.2) is 0 Å². The van der Waals surface area contributed by atoms with Crippen LogP contribution in [-0.2, 0) is 14.3 Å². The van der Waals surface area contributed by atoms with E-state index in [9.17, 15) is 4.79 Å². The number of rotatable bonds is 10. The molecule has 0 radical (unpaired) electrons. The summed E-state index contributed by atoms with van der Waals surface area (Å²) in [6, 6.07) is 0. The van der Waals surface area contributed by atoms with Gasteiger partial charge in [0.25, 0.3) is 0 Å². The Kier molecular flexibility index (Phi) is 8.57. The van der Waals surface area contributed by atoms with E-state index in [0.717, 1.165) is 50.2 Å². The Hall–Kier alpha value is -0.260. The zero-order valence-corrected chi connectivity index (χ0v) is 13.9. The third kappa shape index (κ3) is 4.64. The highest BCUT2D eigenvalue weighted by Gasteiger charge is 2.48. The lowest BCUT2D eigenvalue weighted by molar-refractivity contribution is -0.152. The average Bonchev–Trinajstić information content (AvgIpc) is 2.87. The topological polar surface area (TPSA) is 47.6 Å². The Bertz CT molecular complexity index is 288. The first-order valence-corrected chi connectivity index (χ1v) is 8.79. The number of hydrogen-bond acceptors (Lipinski definition) is 5. The molecule has 2 atom stereocenters. The number of hydrogen-bond donors (Lipinski definition) is 1. The van der Waals surface area contributed by atoms with Crippen LogP contribution in [0.1, 0.15) is 39.0 Å². The van der Waals surface area contributed by atoms with Gasteiger partial charge in [-0.1, -0.05) is 6.42 Å². The lowest BCUT2D eigenvalue weighted by Gasteiger charge is -2.32. The molecule has 1 N–H and O–H groups in total. The van der Waals surface area contributed by atoms with Gasteiger partial charge in [0.2, 0.25) is 0 Å². The second kappa shape index (κ2) is 9.64. The first-order valence-electron chi connectivity index (χ1n) is 7.64. The first kappa shape index (κ1) is 17.8. The zero-order valence-electron chi connectivity index (χ0n) is 13.1. The molecule has 1 saturated carbocycles. The molecule has 0 aromatic heterocycles. The second-order valence-electron chi connectivity index (χ2n) is 5.28. The van der Waals surface area contributed by atoms with Crippen LogP contribution < -0.4 is 5.32 Å². The second-order valence-corrected chi connectivity index (χ2v) is 6.50. The van der Waals surface area contributed by atoms with Crippen LogP contribution in [0, 0.1) is 5.92 Å². The van der Waals surface area contributed by atoms with Gasteiger partial charge < -0.3 is 14.8 Å². The summed E-state index contributed by atoms with van der Waals surface area (Å²) in [5.41, 5.74) is -0.441. The maximum atomic E-state index is 12.3. The fraction of sp³-hybridized carbons (Fsp3) is 0.933. The summed E-state index contributed by atoms with van der Waals surface area (Å²) in [4.78, 5) is 12.3. The highest BCUT2D eigenvalue weighted by atomic mass is 32.2. The Labute approximate surface area is 127 Å². The summed E-state index contributed by atoms with van der Waals surface area (Å²) in [7, 11) is 3.63. The molecule has 0 spiro atoms. The summed E-state index contributed by atoms with van der Waals surface area (Å²) < 4.78 is 10.3. The minimum absolute atomic E-state index is 0.0608. The van der Waals surface area contributed by atoms with Crippen molar-refractivity contribution < 1.29 is 14.3 Å². The molecule has 0 aromatic rings. The molecule has 118 valence electrons. The van der Waals surface area contributed by atoms with E-state index in [4.69, 9.17) is 9.47 Å². The van der Waals surface area contributed by atoms with Crippen molar-refractivity contribution in [2.45, 2.75) is 44.6 Å². The van der Waals surface area contributed by atoms with Crippen LogP contribution in [0.5, 0.6) is 0 Å². The number of carbonyl (C=O) groups excluding carboxylic acids is 1. The molecular weight excluding hydrogens is 274 g/mol. The van der Waals surface area contributed by atoms with Gasteiger partial charge in [-0.15, -0.1) is 0 Å². The average molecular weight is 303 g/mol. The summed E-state index contributed by atoms with van der Waals surface area (Å²) >= 11 is 1.96. The van der Waals surface area contributed by atoms with E-state index >= 15 is 0 Å². The fourth-order valence-corrected chi connectivity index (χ4v) is 4.04. The van der Waals surface area contributed by atoms with Gasteiger partial charge in [0.05, 0.1) is 6.61 Å². The molecule has 0 bridgehead atoms. The molecule has 0 amide bonds. The van der Waals surface area contributed by atoms with Gasteiger partial charge in [-0.05, 0) is 57.1 Å². The Balaban J connectivity index is 2.40. The van der Waals surface area contributed by atoms with E-state index in [-0.39, 0.29) is 5.97 Å². The van der Waals surface area contributed by atoms with Gasteiger partial charge in [0.15, 0.2) is 0 Å². The molecule has 1 aliphatic carbocycles. The number of likely N-dealkylation sites (N-methyl/N-ethyl adjacent to an activating group) is 1. The molecule has 1 rings (SSSR count). The Morgan fingerprint density at radius 2 is 2.25 bits per heavy atom. The van der Waals surface area contributed by atoms with Gasteiger partial charge in [-0.3, -0.25) is 4.79 Å². The predicted molar refractivity (Wildman–Crippen MR) is 84.2 cm³/mol. The smallest absolute Gasteiger partial charge is 0.326 e. The highest BCUT2D eigenvalue weighted by Crippen LogP contribution is 2.39. The highest BCUT2D eigenvalue weighted by molar-refractivity contribution is 7.99. The van der Waals surface area contributed by atoms with E-state index in [0.29, 0.717) is 12.5 Å². The molecule has 0 aliphatic heterocycles. The van der Waals surface area contributed by atoms with E-state index < -0.39 is 5.54 Å². The van der Waals surface area contributed by atoms with Crippen molar-refractivity contribution in [3.63, 3.8) is 0 Å². The SMILES string of the molecule is CCOC(=O)C1(NC)CCCC1CCSCCCOC. The summed E-state index contributed by atoms with van der Waals surface area (Å²) in [5, 5.41) is 3.27. The molecule has 0 heterocycles. The molecule has 1 fully saturated rings. The minimum atomic E-state index is -0.441. The molecule has 1 aliphatic rings. The monoisotopic (exact) mass is 303 g/mol. The molecule has 0 aromatic carbocycles. The van der Waals surface area contributed by atoms with Gasteiger partial charge in [0.1, 0.15) is 5.54 Å². The van der Waals surface area contributed by atoms with Crippen molar-refractivity contribution >= 4 is 17.7 Å². The first-order chi connectivity index (χ1) is 9.71. The van der Waals surface area contributed by atoms with Crippen molar-refractivity contribution in [2.75, 3.05) is 38.9 Å². The quantitative estimate of drug-likeness (QED) is 0.496. The lowest BCUT2D eigenvalue weighted by atomic mass is 9.85. The number of methoxy groups -OCH3 is 1. The molecule has 2 unspecified atom stereocenters. The molecular formula is C15H29NO3S. The van der Waals surface area contributed by atoms with Crippen LogP contribution in [0.2, 0.25) is 0 Å². The third-order valence-corrected chi connectivity index (χ3v) is 5.26. The number of esters is 1. The van der Waals surface area contributed by atoms with Crippen LogP contribution in [-0.4, -0.2) is 50.4 Å². The molecule has 20 heavy (non-hydrogen) atoms. The van der Waals surface area contributed by atoms with Crippen molar-refractivity contribution in [3.05, 3.63) is 0 Å². The standard InChI is InChI=1S/C15H29NO3S/c1-4-19-14(17)15(16-2)9-5-7-13(15)8-12-20-11-6-10-18-3/h13,16H,4-12H2,1-3H3. The fourth-order valence-electron chi connectivity index (χ4n) is 3.06. The van der Waals surface area contributed by atoms with Crippen LogP contribution in [0.3, 0.4) is 0 Å². The number of ether oxygens (including phenoxy) is 2. The minimum Gasteiger partial charge on any atom is -0.465 e. The van der Waals surface area contributed by atoms with Crippen LogP contribution >= 0.6 is 11.8 Å². The molecule has 5 heteroatoms. The van der Waals surface area contributed by atoms with Crippen LogP contribution in [0.4, 0.5) is 0 Å². The largest absolute Gasteiger partial charge is 0.465 e.